The summed E-state index contributed by atoms with van der Waals surface area (Å²) in [6.07, 6.45) is 0. The molecule has 4 heteroatoms. The average Bonchev–Trinajstić information content (AvgIpc) is 1.31. The van der Waals surface area contributed by atoms with Crippen LogP contribution in [0.25, 0.3) is 0 Å². The quantitative estimate of drug-likeness (QED) is 0.363. The Morgan fingerprint density at radius 3 is 2.00 bits per heavy atom. The van der Waals surface area contributed by atoms with Crippen LogP contribution in [0.5, 0.6) is 0 Å². The van der Waals surface area contributed by atoms with Gasteiger partial charge in [-0.1, -0.05) is 0 Å². The number of hydrogen-bond donors (Lipinski definition) is 3. The van der Waals surface area contributed by atoms with E-state index >= 15 is 0 Å². The normalized spacial score (nSPS) is 18.1. The summed E-state index contributed by atoms with van der Waals surface area (Å²) in [6, 6.07) is 0. The van der Waals surface area contributed by atoms with Crippen LogP contribution >= 0.6 is 0 Å². The summed E-state index contributed by atoms with van der Waals surface area (Å²) >= 11 is 0. The fraction of sp³-hybridized carbons (Fsp3) is 0.667. The van der Waals surface area contributed by atoms with Gasteiger partial charge in [0.25, 0.3) is 0 Å². The third-order valence-electron chi connectivity index (χ3n) is 0.433. The van der Waals surface area contributed by atoms with Crippen molar-refractivity contribution in [2.75, 3.05) is 0 Å². The Labute approximate surface area is 40.6 Å². The van der Waals surface area contributed by atoms with Crippen LogP contribution in [-0.4, -0.2) is 21.9 Å². The van der Waals surface area contributed by atoms with Gasteiger partial charge in [-0.25, -0.2) is 4.79 Å². The molecule has 0 saturated heterocycles. The Morgan fingerprint density at radius 2 is 2.00 bits per heavy atom. The third-order valence-corrected chi connectivity index (χ3v) is 0.433. The molecule has 4 N–H and O–H groups in total. The molecule has 0 aromatic carbocycles. The zero-order chi connectivity index (χ0) is 6.08. The number of carbonyl (C=O) groups is 1. The highest BCUT2D eigenvalue weighted by molar-refractivity contribution is 5.75. The number of carboxylic acid groups (broad SMARTS) is 1. The minimum atomic E-state index is -2.08. The van der Waals surface area contributed by atoms with E-state index < -0.39 is 11.7 Å². The van der Waals surface area contributed by atoms with Crippen LogP contribution in [-0.2, 0) is 4.79 Å². The molecule has 4 nitrogen and oxygen atoms in total. The predicted octanol–water partition coefficient (Wildman–Crippen LogP) is -1.26. The number of rotatable bonds is 1. The van der Waals surface area contributed by atoms with Gasteiger partial charge in [0.15, 0.2) is 0 Å². The van der Waals surface area contributed by atoms with Gasteiger partial charge in [-0.3, -0.25) is 5.73 Å². The van der Waals surface area contributed by atoms with Crippen LogP contribution in [0.3, 0.4) is 0 Å². The topological polar surface area (TPSA) is 83.5 Å². The van der Waals surface area contributed by atoms with Gasteiger partial charge in [-0.2, -0.15) is 0 Å². The number of hydrogen-bond acceptors (Lipinski definition) is 3. The number of aliphatic carboxylic acids is 1. The third kappa shape index (κ3) is 2.13. The Kier molecular flexibility index (Phi) is 1.35. The second kappa shape index (κ2) is 1.48. The highest BCUT2D eigenvalue weighted by Crippen LogP contribution is 1.88. The van der Waals surface area contributed by atoms with E-state index in [4.69, 9.17) is 10.2 Å². The van der Waals surface area contributed by atoms with Gasteiger partial charge in [0.1, 0.15) is 0 Å². The molecule has 0 bridgehead atoms. The molecule has 0 radical (unpaired) electrons. The lowest BCUT2D eigenvalue weighted by molar-refractivity contribution is -0.155. The first-order valence-corrected chi connectivity index (χ1v) is 1.69. The van der Waals surface area contributed by atoms with Crippen LogP contribution in [0.4, 0.5) is 0 Å². The highest BCUT2D eigenvalue weighted by Gasteiger charge is 2.22. The fourth-order valence-electron chi connectivity index (χ4n) is 0. The summed E-state index contributed by atoms with van der Waals surface area (Å²) in [5.74, 6) is -1.42. The van der Waals surface area contributed by atoms with Crippen molar-refractivity contribution in [2.45, 2.75) is 12.6 Å². The van der Waals surface area contributed by atoms with Crippen molar-refractivity contribution in [2.24, 2.45) is 5.73 Å². The van der Waals surface area contributed by atoms with Gasteiger partial charge in [-0.15, -0.1) is 0 Å². The molecule has 1 atom stereocenters. The van der Waals surface area contributed by atoms with Gasteiger partial charge < -0.3 is 10.2 Å². The van der Waals surface area contributed by atoms with Crippen molar-refractivity contribution in [3.05, 3.63) is 0 Å². The van der Waals surface area contributed by atoms with Crippen molar-refractivity contribution >= 4 is 5.97 Å². The molecule has 7 heavy (non-hydrogen) atoms. The summed E-state index contributed by atoms with van der Waals surface area (Å²) in [4.78, 5) is 9.65. The van der Waals surface area contributed by atoms with Crippen LogP contribution in [0.1, 0.15) is 6.92 Å². The number of aliphatic hydroxyl groups is 1. The fourth-order valence-corrected chi connectivity index (χ4v) is 0. The van der Waals surface area contributed by atoms with Gasteiger partial charge in [0.2, 0.25) is 5.72 Å². The van der Waals surface area contributed by atoms with E-state index in [1.54, 1.807) is 0 Å². The molecule has 0 aromatic heterocycles. The number of nitrogens with two attached hydrogens (primary N) is 1. The molecule has 0 rings (SSSR count). The zero-order valence-corrected chi connectivity index (χ0v) is 3.88. The monoisotopic (exact) mass is 105 g/mol. The summed E-state index contributed by atoms with van der Waals surface area (Å²) in [6.45, 7) is 0.995. The highest BCUT2D eigenvalue weighted by atomic mass is 16.4. The van der Waals surface area contributed by atoms with Crippen LogP contribution in [0, 0.1) is 0 Å². The molecular weight excluding hydrogens is 98.0 g/mol. The van der Waals surface area contributed by atoms with Crippen molar-refractivity contribution in [3.63, 3.8) is 0 Å². The minimum Gasteiger partial charge on any atom is -0.478 e. The standard InChI is InChI=1S/C3H7NO3/c1-3(4,7)2(5)6/h7H,4H2,1H3,(H,5,6)/t3-/m0/s1. The molecular formula is C3H7NO3. The molecule has 0 aliphatic carbocycles. The van der Waals surface area contributed by atoms with Crippen LogP contribution in [0.2, 0.25) is 0 Å². The van der Waals surface area contributed by atoms with E-state index in [0.717, 1.165) is 6.92 Å². The van der Waals surface area contributed by atoms with E-state index in [1.807, 2.05) is 0 Å². The molecule has 42 valence electrons. The van der Waals surface area contributed by atoms with E-state index in [0.29, 0.717) is 0 Å². The molecule has 0 aliphatic rings. The van der Waals surface area contributed by atoms with E-state index in [-0.39, 0.29) is 0 Å². The lowest BCUT2D eigenvalue weighted by Crippen LogP contribution is -2.44. The van der Waals surface area contributed by atoms with E-state index in [1.165, 1.54) is 0 Å². The maximum Gasteiger partial charge on any atom is 0.350 e. The maximum absolute atomic E-state index is 9.65. The molecule has 0 heterocycles. The molecule has 0 unspecified atom stereocenters. The molecule has 0 saturated carbocycles. The van der Waals surface area contributed by atoms with E-state index in [9.17, 15) is 4.79 Å². The first kappa shape index (κ1) is 6.39. The first-order valence-electron chi connectivity index (χ1n) is 1.69. The van der Waals surface area contributed by atoms with Gasteiger partial charge in [-0.05, 0) is 6.92 Å². The second-order valence-electron chi connectivity index (χ2n) is 1.45. The Balaban J connectivity index is 3.79. The summed E-state index contributed by atoms with van der Waals surface area (Å²) < 4.78 is 0. The smallest absolute Gasteiger partial charge is 0.350 e. The Morgan fingerprint density at radius 1 is 1.86 bits per heavy atom. The average molecular weight is 105 g/mol. The lowest BCUT2D eigenvalue weighted by atomic mass is 10.3. The molecule has 0 aliphatic heterocycles. The SMILES string of the molecule is C[C@](N)(O)C(=O)O. The van der Waals surface area contributed by atoms with E-state index in [2.05, 4.69) is 5.73 Å². The van der Waals surface area contributed by atoms with Crippen molar-refractivity contribution < 1.29 is 15.0 Å². The van der Waals surface area contributed by atoms with Gasteiger partial charge >= 0.3 is 5.97 Å². The first-order chi connectivity index (χ1) is 2.94. The predicted molar refractivity (Wildman–Crippen MR) is 22.4 cm³/mol. The maximum atomic E-state index is 9.65. The molecule has 0 amide bonds. The summed E-state index contributed by atoms with van der Waals surface area (Å²) in [5.41, 5.74) is 2.55. The van der Waals surface area contributed by atoms with Gasteiger partial charge in [0.05, 0.1) is 0 Å². The molecule has 0 fully saturated rings. The van der Waals surface area contributed by atoms with Crippen LogP contribution < -0.4 is 5.73 Å². The second-order valence-corrected chi connectivity index (χ2v) is 1.45. The summed E-state index contributed by atoms with van der Waals surface area (Å²) in [5, 5.41) is 16.1. The lowest BCUT2D eigenvalue weighted by Gasteiger charge is -2.07. The van der Waals surface area contributed by atoms with Crippen molar-refractivity contribution in [1.82, 2.24) is 0 Å². The van der Waals surface area contributed by atoms with Crippen LogP contribution in [0.15, 0.2) is 0 Å². The van der Waals surface area contributed by atoms with Gasteiger partial charge in [0, 0.05) is 0 Å². The Bertz CT molecular complexity index is 82.7. The molecule has 0 spiro atoms. The van der Waals surface area contributed by atoms with Crippen molar-refractivity contribution in [3.8, 4) is 0 Å². The Hall–Kier alpha value is -0.610. The zero-order valence-electron chi connectivity index (χ0n) is 3.88. The summed E-state index contributed by atoms with van der Waals surface area (Å²) in [7, 11) is 0. The molecule has 0 aromatic rings. The van der Waals surface area contributed by atoms with Crippen molar-refractivity contribution in [1.29, 1.82) is 0 Å². The minimum absolute atomic E-state index is 0.995. The number of carboxylic acids is 1. The largest absolute Gasteiger partial charge is 0.478 e.